The highest BCUT2D eigenvalue weighted by Gasteiger charge is 2.13. The van der Waals surface area contributed by atoms with Gasteiger partial charge in [0, 0.05) is 10.9 Å². The Balaban J connectivity index is 1.84. The largest absolute Gasteiger partial charge is 0.497 e. The van der Waals surface area contributed by atoms with Crippen LogP contribution in [0.25, 0.3) is 21.7 Å². The first-order chi connectivity index (χ1) is 11.3. The van der Waals surface area contributed by atoms with E-state index in [9.17, 15) is 4.21 Å². The molecule has 4 rings (SSSR count). The van der Waals surface area contributed by atoms with Gasteiger partial charge in [0.1, 0.15) is 21.6 Å². The molecule has 23 heavy (non-hydrogen) atoms. The number of ether oxygens (including phenoxy) is 1. The molecule has 0 aliphatic carbocycles. The van der Waals surface area contributed by atoms with Crippen molar-refractivity contribution in [2.24, 2.45) is 0 Å². The number of fused-ring (bicyclic) bond motifs is 2. The summed E-state index contributed by atoms with van der Waals surface area (Å²) in [5, 5.41) is 3.80. The Morgan fingerprint density at radius 2 is 1.74 bits per heavy atom. The molecule has 0 spiro atoms. The summed E-state index contributed by atoms with van der Waals surface area (Å²) in [6, 6.07) is 21.6. The van der Waals surface area contributed by atoms with Crippen molar-refractivity contribution in [3.8, 4) is 5.75 Å². The van der Waals surface area contributed by atoms with Crippen LogP contribution in [0, 0.1) is 0 Å². The van der Waals surface area contributed by atoms with Crippen molar-refractivity contribution in [2.45, 2.75) is 9.92 Å². The number of rotatable bonds is 3. The van der Waals surface area contributed by atoms with Crippen LogP contribution in [0.5, 0.6) is 5.75 Å². The Morgan fingerprint density at radius 3 is 2.61 bits per heavy atom. The molecule has 0 aliphatic rings. The number of nitrogens with one attached hydrogen (secondary N) is 1. The van der Waals surface area contributed by atoms with Gasteiger partial charge in [0.2, 0.25) is 0 Å². The Hall–Kier alpha value is -2.59. The molecule has 0 unspecified atom stereocenters. The van der Waals surface area contributed by atoms with Gasteiger partial charge in [0.25, 0.3) is 0 Å². The fourth-order valence-corrected chi connectivity index (χ4v) is 4.05. The van der Waals surface area contributed by atoms with Crippen LogP contribution in [0.3, 0.4) is 0 Å². The van der Waals surface area contributed by atoms with Gasteiger partial charge in [-0.25, -0.2) is 4.21 Å². The van der Waals surface area contributed by atoms with Gasteiger partial charge in [-0.2, -0.15) is 0 Å². The Bertz CT molecular complexity index is 1030. The summed E-state index contributed by atoms with van der Waals surface area (Å²) in [5.74, 6) is 0.791. The first-order valence-electron chi connectivity index (χ1n) is 7.32. The Kier molecular flexibility index (Phi) is 3.39. The second-order valence-corrected chi connectivity index (χ2v) is 6.75. The minimum atomic E-state index is -1.26. The molecule has 114 valence electrons. The van der Waals surface area contributed by atoms with E-state index in [0.29, 0.717) is 5.03 Å². The Morgan fingerprint density at radius 1 is 0.913 bits per heavy atom. The molecule has 1 N–H and O–H groups in total. The highest BCUT2D eigenvalue weighted by molar-refractivity contribution is 7.85. The molecule has 4 heteroatoms. The molecule has 3 nitrogen and oxygen atoms in total. The van der Waals surface area contributed by atoms with E-state index >= 15 is 0 Å². The molecule has 0 saturated heterocycles. The number of hydrogen-bond acceptors (Lipinski definition) is 2. The van der Waals surface area contributed by atoms with Gasteiger partial charge in [0.05, 0.1) is 12.0 Å². The maximum Gasteiger partial charge on any atom is 0.119 e. The van der Waals surface area contributed by atoms with E-state index < -0.39 is 10.8 Å². The van der Waals surface area contributed by atoms with Crippen LogP contribution in [0.1, 0.15) is 0 Å². The zero-order chi connectivity index (χ0) is 15.8. The highest BCUT2D eigenvalue weighted by Crippen LogP contribution is 2.28. The van der Waals surface area contributed by atoms with Gasteiger partial charge in [0.15, 0.2) is 0 Å². The lowest BCUT2D eigenvalue weighted by atomic mass is 10.1. The van der Waals surface area contributed by atoms with Crippen molar-refractivity contribution in [3.05, 3.63) is 66.7 Å². The van der Waals surface area contributed by atoms with E-state index in [1.165, 1.54) is 0 Å². The summed E-state index contributed by atoms with van der Waals surface area (Å²) in [7, 11) is 0.383. The van der Waals surface area contributed by atoms with Crippen molar-refractivity contribution < 1.29 is 8.95 Å². The number of H-pyrrole nitrogens is 1. The van der Waals surface area contributed by atoms with Crippen LogP contribution < -0.4 is 4.74 Å². The monoisotopic (exact) mass is 321 g/mol. The zero-order valence-electron chi connectivity index (χ0n) is 12.6. The van der Waals surface area contributed by atoms with Crippen molar-refractivity contribution >= 4 is 32.5 Å². The summed E-state index contributed by atoms with van der Waals surface area (Å²) in [6.45, 7) is 0. The minimum Gasteiger partial charge on any atom is -0.497 e. The fourth-order valence-electron chi connectivity index (χ4n) is 2.79. The number of benzene rings is 3. The van der Waals surface area contributed by atoms with E-state index in [1.54, 1.807) is 7.11 Å². The number of methoxy groups -OCH3 is 1. The van der Waals surface area contributed by atoms with Crippen molar-refractivity contribution in [1.29, 1.82) is 0 Å². The molecule has 1 atom stereocenters. The summed E-state index contributed by atoms with van der Waals surface area (Å²) < 4.78 is 18.3. The fraction of sp³-hybridized carbons (Fsp3) is 0.0526. The number of aromatic nitrogens is 1. The molecule has 0 radical (unpaired) electrons. The molecule has 4 aromatic rings. The lowest BCUT2D eigenvalue weighted by Crippen LogP contribution is -1.94. The average molecular weight is 321 g/mol. The summed E-state index contributed by atoms with van der Waals surface area (Å²) in [6.07, 6.45) is 0. The number of hydrogen-bond donors (Lipinski definition) is 1. The van der Waals surface area contributed by atoms with Gasteiger partial charge in [-0.15, -0.1) is 0 Å². The van der Waals surface area contributed by atoms with Crippen LogP contribution in [0.2, 0.25) is 0 Å². The average Bonchev–Trinajstić information content (AvgIpc) is 3.03. The van der Waals surface area contributed by atoms with E-state index in [2.05, 4.69) is 4.98 Å². The normalized spacial score (nSPS) is 12.6. The molecule has 3 aromatic carbocycles. The van der Waals surface area contributed by atoms with Gasteiger partial charge in [-0.05, 0) is 41.1 Å². The van der Waals surface area contributed by atoms with Crippen molar-refractivity contribution in [2.75, 3.05) is 7.11 Å². The zero-order valence-corrected chi connectivity index (χ0v) is 13.4. The van der Waals surface area contributed by atoms with Crippen LogP contribution in [0.4, 0.5) is 0 Å². The molecule has 0 bridgehead atoms. The molecular weight excluding hydrogens is 306 g/mol. The standard InChI is InChI=1S/C19H15NO2S/c1-22-15-9-10-17-14(11-15)12-19(20-17)23(21)18-8-4-6-13-5-2-3-7-16(13)18/h2-12,20H,1H3/t23-/m0/s1. The van der Waals surface area contributed by atoms with Crippen LogP contribution >= 0.6 is 0 Å². The molecular formula is C19H15NO2S. The second-order valence-electron chi connectivity index (χ2n) is 5.33. The third kappa shape index (κ3) is 2.41. The van der Waals surface area contributed by atoms with E-state index in [0.717, 1.165) is 32.3 Å². The van der Waals surface area contributed by atoms with Crippen LogP contribution in [-0.4, -0.2) is 16.3 Å². The van der Waals surface area contributed by atoms with E-state index in [4.69, 9.17) is 4.74 Å². The maximum absolute atomic E-state index is 13.0. The first kappa shape index (κ1) is 14.0. The number of aromatic amines is 1. The maximum atomic E-state index is 13.0. The smallest absolute Gasteiger partial charge is 0.119 e. The second kappa shape index (κ2) is 5.56. The predicted molar refractivity (Wildman–Crippen MR) is 93.5 cm³/mol. The molecule has 0 aliphatic heterocycles. The van der Waals surface area contributed by atoms with Gasteiger partial charge >= 0.3 is 0 Å². The van der Waals surface area contributed by atoms with Gasteiger partial charge in [-0.3, -0.25) is 0 Å². The summed E-state index contributed by atoms with van der Waals surface area (Å²) in [4.78, 5) is 4.08. The van der Waals surface area contributed by atoms with Crippen LogP contribution in [-0.2, 0) is 10.8 Å². The van der Waals surface area contributed by atoms with E-state index in [1.807, 2.05) is 66.7 Å². The quantitative estimate of drug-likeness (QED) is 0.604. The highest BCUT2D eigenvalue weighted by atomic mass is 32.2. The molecule has 1 aromatic heterocycles. The van der Waals surface area contributed by atoms with Gasteiger partial charge in [-0.1, -0.05) is 36.4 Å². The Labute approximate surface area is 136 Å². The third-order valence-electron chi connectivity index (χ3n) is 3.95. The molecule has 0 saturated carbocycles. The lowest BCUT2D eigenvalue weighted by Gasteiger charge is -2.05. The topological polar surface area (TPSA) is 42.1 Å². The van der Waals surface area contributed by atoms with Crippen molar-refractivity contribution in [3.63, 3.8) is 0 Å². The molecule has 1 heterocycles. The molecule has 0 fully saturated rings. The molecule has 0 amide bonds. The minimum absolute atomic E-state index is 0.699. The summed E-state index contributed by atoms with van der Waals surface area (Å²) >= 11 is 0. The lowest BCUT2D eigenvalue weighted by molar-refractivity contribution is 0.415. The first-order valence-corrected chi connectivity index (χ1v) is 8.47. The van der Waals surface area contributed by atoms with Gasteiger partial charge < -0.3 is 9.72 Å². The van der Waals surface area contributed by atoms with Crippen molar-refractivity contribution in [1.82, 2.24) is 4.98 Å². The van der Waals surface area contributed by atoms with Crippen LogP contribution in [0.15, 0.2) is 76.7 Å². The third-order valence-corrected chi connectivity index (χ3v) is 5.33. The summed E-state index contributed by atoms with van der Waals surface area (Å²) in [5.41, 5.74) is 0.953. The predicted octanol–water partition coefficient (Wildman–Crippen LogP) is 4.50. The van der Waals surface area contributed by atoms with E-state index in [-0.39, 0.29) is 0 Å². The SMILES string of the molecule is COc1ccc2[nH]c([S@@](=O)c3cccc4ccccc34)cc2c1.